The van der Waals surface area contributed by atoms with Gasteiger partial charge in [-0.2, -0.15) is 0 Å². The van der Waals surface area contributed by atoms with Gasteiger partial charge in [0.05, 0.1) is 17.4 Å². The molecule has 6 heteroatoms. The summed E-state index contributed by atoms with van der Waals surface area (Å²) in [5, 5.41) is 5.60. The first-order chi connectivity index (χ1) is 7.65. The number of anilines is 1. The lowest BCUT2D eigenvalue weighted by Gasteiger charge is -2.08. The molecule has 0 saturated carbocycles. The molecule has 0 radical (unpaired) electrons. The molecule has 88 valence electrons. The van der Waals surface area contributed by atoms with Gasteiger partial charge in [-0.05, 0) is 6.07 Å². The lowest BCUT2D eigenvalue weighted by molar-refractivity contribution is 0.0957. The molecule has 1 heterocycles. The summed E-state index contributed by atoms with van der Waals surface area (Å²) in [7, 11) is 0.843. The first-order valence-electron chi connectivity index (χ1n) is 4.85. The van der Waals surface area contributed by atoms with Gasteiger partial charge < -0.3 is 10.6 Å². The standard InChI is InChI=1S/C10H15N3O2S/c1-11-9-7-12-4-3-8(9)10(14)13-5-6-16(2)15/h3-4,7,11H,5-6H2,1-2H3,(H,13,14). The summed E-state index contributed by atoms with van der Waals surface area (Å²) in [6.45, 7) is 0.410. The minimum atomic E-state index is -0.888. The van der Waals surface area contributed by atoms with E-state index in [4.69, 9.17) is 0 Å². The van der Waals surface area contributed by atoms with Gasteiger partial charge in [-0.25, -0.2) is 0 Å². The van der Waals surface area contributed by atoms with E-state index in [-0.39, 0.29) is 5.91 Å². The van der Waals surface area contributed by atoms with Crippen LogP contribution < -0.4 is 10.6 Å². The second-order valence-electron chi connectivity index (χ2n) is 3.20. The Morgan fingerprint density at radius 3 is 2.94 bits per heavy atom. The highest BCUT2D eigenvalue weighted by atomic mass is 32.2. The summed E-state index contributed by atoms with van der Waals surface area (Å²) < 4.78 is 10.8. The molecule has 0 saturated heterocycles. The van der Waals surface area contributed by atoms with Gasteiger partial charge in [-0.15, -0.1) is 0 Å². The van der Waals surface area contributed by atoms with Crippen LogP contribution >= 0.6 is 0 Å². The van der Waals surface area contributed by atoms with Crippen LogP contribution in [-0.2, 0) is 10.8 Å². The molecular weight excluding hydrogens is 226 g/mol. The summed E-state index contributed by atoms with van der Waals surface area (Å²) in [6.07, 6.45) is 4.76. The van der Waals surface area contributed by atoms with Crippen molar-refractivity contribution < 1.29 is 9.00 Å². The number of carbonyl (C=O) groups excluding carboxylic acids is 1. The maximum Gasteiger partial charge on any atom is 0.253 e. The molecule has 5 nitrogen and oxygen atoms in total. The van der Waals surface area contributed by atoms with Crippen molar-refractivity contribution in [1.29, 1.82) is 0 Å². The Labute approximate surface area is 97.1 Å². The molecule has 0 spiro atoms. The van der Waals surface area contributed by atoms with Crippen molar-refractivity contribution >= 4 is 22.4 Å². The predicted octanol–water partition coefficient (Wildman–Crippen LogP) is 0.232. The molecule has 1 rings (SSSR count). The van der Waals surface area contributed by atoms with Gasteiger partial charge in [-0.1, -0.05) is 0 Å². The van der Waals surface area contributed by atoms with E-state index in [1.807, 2.05) is 0 Å². The molecule has 0 aromatic carbocycles. The summed E-state index contributed by atoms with van der Waals surface area (Å²) in [6, 6.07) is 1.64. The highest BCUT2D eigenvalue weighted by molar-refractivity contribution is 7.84. The zero-order chi connectivity index (χ0) is 12.0. The quantitative estimate of drug-likeness (QED) is 0.774. The summed E-state index contributed by atoms with van der Waals surface area (Å²) in [5.74, 6) is 0.281. The Morgan fingerprint density at radius 1 is 1.56 bits per heavy atom. The number of rotatable bonds is 5. The normalized spacial score (nSPS) is 11.9. The Balaban J connectivity index is 2.62. The van der Waals surface area contributed by atoms with Crippen LogP contribution in [-0.4, -0.2) is 40.7 Å². The largest absolute Gasteiger partial charge is 0.386 e. The molecule has 0 bridgehead atoms. The Morgan fingerprint density at radius 2 is 2.31 bits per heavy atom. The minimum absolute atomic E-state index is 0.183. The third-order valence-electron chi connectivity index (χ3n) is 2.01. The topological polar surface area (TPSA) is 71.1 Å². The van der Waals surface area contributed by atoms with Crippen molar-refractivity contribution in [2.75, 3.05) is 30.9 Å². The minimum Gasteiger partial charge on any atom is -0.386 e. The van der Waals surface area contributed by atoms with Gasteiger partial charge in [0.25, 0.3) is 5.91 Å². The molecule has 2 N–H and O–H groups in total. The van der Waals surface area contributed by atoms with Crippen LogP contribution in [0.2, 0.25) is 0 Å². The smallest absolute Gasteiger partial charge is 0.253 e. The number of hydrogen-bond donors (Lipinski definition) is 2. The molecule has 1 unspecified atom stereocenters. The molecule has 0 aliphatic carbocycles. The van der Waals surface area contributed by atoms with Crippen molar-refractivity contribution in [2.24, 2.45) is 0 Å². The molecule has 1 atom stereocenters. The van der Waals surface area contributed by atoms with Gasteiger partial charge in [0.2, 0.25) is 0 Å². The molecule has 16 heavy (non-hydrogen) atoms. The van der Waals surface area contributed by atoms with E-state index in [1.165, 1.54) is 0 Å². The number of aromatic nitrogens is 1. The highest BCUT2D eigenvalue weighted by Crippen LogP contribution is 2.11. The number of nitrogens with zero attached hydrogens (tertiary/aromatic N) is 1. The summed E-state index contributed by atoms with van der Waals surface area (Å²) >= 11 is 0. The Hall–Kier alpha value is -1.43. The zero-order valence-electron chi connectivity index (χ0n) is 9.32. The van der Waals surface area contributed by atoms with Gasteiger partial charge in [-0.3, -0.25) is 14.0 Å². The van der Waals surface area contributed by atoms with E-state index in [9.17, 15) is 9.00 Å². The molecule has 0 fully saturated rings. The Kier molecular flexibility index (Phi) is 4.91. The van der Waals surface area contributed by atoms with Crippen LogP contribution in [0.1, 0.15) is 10.4 Å². The fraction of sp³-hybridized carbons (Fsp3) is 0.400. The lowest BCUT2D eigenvalue weighted by Crippen LogP contribution is -2.28. The van der Waals surface area contributed by atoms with Gasteiger partial charge in [0.15, 0.2) is 0 Å². The third-order valence-corrected chi connectivity index (χ3v) is 2.79. The molecule has 0 aliphatic heterocycles. The zero-order valence-corrected chi connectivity index (χ0v) is 10.1. The highest BCUT2D eigenvalue weighted by Gasteiger charge is 2.09. The van der Waals surface area contributed by atoms with Crippen LogP contribution in [0.15, 0.2) is 18.5 Å². The molecule has 1 aromatic heterocycles. The van der Waals surface area contributed by atoms with Gasteiger partial charge >= 0.3 is 0 Å². The molecule has 1 aromatic rings. The first kappa shape index (κ1) is 12.6. The van der Waals surface area contributed by atoms with Crippen molar-refractivity contribution in [1.82, 2.24) is 10.3 Å². The van der Waals surface area contributed by atoms with E-state index in [0.717, 1.165) is 0 Å². The number of nitrogens with one attached hydrogen (secondary N) is 2. The monoisotopic (exact) mass is 241 g/mol. The summed E-state index contributed by atoms with van der Waals surface area (Å²) in [5.41, 5.74) is 1.22. The van der Waals surface area contributed by atoms with Gasteiger partial charge in [0.1, 0.15) is 0 Å². The number of hydrogen-bond acceptors (Lipinski definition) is 4. The van der Waals surface area contributed by atoms with Crippen LogP contribution in [0.25, 0.3) is 0 Å². The first-order valence-corrected chi connectivity index (χ1v) is 6.58. The predicted molar refractivity (Wildman–Crippen MR) is 65.1 cm³/mol. The average molecular weight is 241 g/mol. The van der Waals surface area contributed by atoms with E-state index >= 15 is 0 Å². The van der Waals surface area contributed by atoms with E-state index in [2.05, 4.69) is 15.6 Å². The maximum atomic E-state index is 11.7. The molecular formula is C10H15N3O2S. The average Bonchev–Trinajstić information content (AvgIpc) is 2.28. The third kappa shape index (κ3) is 3.62. The SMILES string of the molecule is CNc1cnccc1C(=O)NCCS(C)=O. The molecule has 0 aliphatic rings. The number of carbonyl (C=O) groups is 1. The molecule has 1 amide bonds. The fourth-order valence-electron chi connectivity index (χ4n) is 1.20. The van der Waals surface area contributed by atoms with Crippen LogP contribution in [0.5, 0.6) is 0 Å². The van der Waals surface area contributed by atoms with Gasteiger partial charge in [0, 0.05) is 42.6 Å². The van der Waals surface area contributed by atoms with Crippen LogP contribution in [0.3, 0.4) is 0 Å². The van der Waals surface area contributed by atoms with Crippen molar-refractivity contribution in [2.45, 2.75) is 0 Å². The number of pyridine rings is 1. The lowest BCUT2D eigenvalue weighted by atomic mass is 10.2. The van der Waals surface area contributed by atoms with Crippen molar-refractivity contribution in [3.8, 4) is 0 Å². The number of amides is 1. The van der Waals surface area contributed by atoms with E-state index in [0.29, 0.717) is 23.5 Å². The van der Waals surface area contributed by atoms with Crippen LogP contribution in [0, 0.1) is 0 Å². The second-order valence-corrected chi connectivity index (χ2v) is 4.76. The fourth-order valence-corrected chi connectivity index (χ4v) is 1.58. The van der Waals surface area contributed by atoms with Crippen molar-refractivity contribution in [3.63, 3.8) is 0 Å². The maximum absolute atomic E-state index is 11.7. The summed E-state index contributed by atoms with van der Waals surface area (Å²) in [4.78, 5) is 15.6. The van der Waals surface area contributed by atoms with E-state index in [1.54, 1.807) is 31.8 Å². The van der Waals surface area contributed by atoms with Crippen molar-refractivity contribution in [3.05, 3.63) is 24.0 Å². The Bertz CT molecular complexity index is 395. The van der Waals surface area contributed by atoms with Crippen LogP contribution in [0.4, 0.5) is 5.69 Å². The van der Waals surface area contributed by atoms with E-state index < -0.39 is 10.8 Å². The second kappa shape index (κ2) is 6.22.